The van der Waals surface area contributed by atoms with Crippen molar-refractivity contribution in [2.45, 2.75) is 18.0 Å². The van der Waals surface area contributed by atoms with Crippen molar-refractivity contribution < 1.29 is 35.9 Å². The molecule has 156 valence electrons. The molecule has 0 aliphatic rings. The van der Waals surface area contributed by atoms with Crippen molar-refractivity contribution >= 4 is 39.2 Å². The number of anilines is 1. The maximum Gasteiger partial charge on any atom is 0.418 e. The van der Waals surface area contributed by atoms with Crippen molar-refractivity contribution in [2.75, 3.05) is 11.9 Å². The van der Waals surface area contributed by atoms with Crippen LogP contribution in [0.2, 0.25) is 5.02 Å². The number of benzene rings is 2. The maximum absolute atomic E-state index is 13.0. The average molecular weight is 451 g/mol. The number of halogens is 4. The molecule has 1 amide bonds. The highest BCUT2D eigenvalue weighted by molar-refractivity contribution is 7.89. The second kappa shape index (κ2) is 8.39. The lowest BCUT2D eigenvalue weighted by Gasteiger charge is -2.14. The van der Waals surface area contributed by atoms with Crippen LogP contribution in [0.4, 0.5) is 18.9 Å². The Bertz CT molecular complexity index is 1070. The second-order valence-electron chi connectivity index (χ2n) is 5.83. The summed E-state index contributed by atoms with van der Waals surface area (Å²) in [4.78, 5) is 23.7. The highest BCUT2D eigenvalue weighted by atomic mass is 35.5. The number of nitrogens with one attached hydrogen (secondary N) is 1. The zero-order valence-electron chi connectivity index (χ0n) is 14.7. The van der Waals surface area contributed by atoms with Crippen LogP contribution in [0.15, 0.2) is 41.3 Å². The molecule has 29 heavy (non-hydrogen) atoms. The number of esters is 1. The van der Waals surface area contributed by atoms with Gasteiger partial charge in [0.2, 0.25) is 10.0 Å². The van der Waals surface area contributed by atoms with Crippen molar-refractivity contribution in [2.24, 2.45) is 5.14 Å². The quantitative estimate of drug-likeness (QED) is 0.679. The lowest BCUT2D eigenvalue weighted by molar-refractivity contribution is -0.137. The van der Waals surface area contributed by atoms with E-state index in [-0.39, 0.29) is 15.5 Å². The van der Waals surface area contributed by atoms with Gasteiger partial charge in [0.15, 0.2) is 6.61 Å². The van der Waals surface area contributed by atoms with Crippen molar-refractivity contribution in [3.8, 4) is 0 Å². The topological polar surface area (TPSA) is 116 Å². The minimum atomic E-state index is -4.77. The van der Waals surface area contributed by atoms with E-state index in [4.69, 9.17) is 21.5 Å². The third-order valence-corrected chi connectivity index (χ3v) is 4.80. The Morgan fingerprint density at radius 1 is 1.17 bits per heavy atom. The van der Waals surface area contributed by atoms with Crippen LogP contribution in [-0.2, 0) is 25.7 Å². The number of primary sulfonamides is 1. The van der Waals surface area contributed by atoms with Gasteiger partial charge in [-0.3, -0.25) is 4.79 Å². The maximum atomic E-state index is 13.0. The van der Waals surface area contributed by atoms with Crippen LogP contribution in [-0.4, -0.2) is 26.9 Å². The number of ether oxygens (including phenoxy) is 1. The molecule has 2 aromatic carbocycles. The molecule has 12 heteroatoms. The molecule has 0 aromatic heterocycles. The predicted molar refractivity (Wildman–Crippen MR) is 97.9 cm³/mol. The first-order valence-electron chi connectivity index (χ1n) is 7.76. The van der Waals surface area contributed by atoms with E-state index in [0.717, 1.165) is 18.2 Å². The standard InChI is InChI=1S/C17H14ClF3N2O5S/c1-9-2-4-11(29(22,26)27)7-12(9)16(25)28-8-15(24)23-14-5-3-10(18)6-13(14)17(19,20)21/h2-7H,8H2,1H3,(H,23,24)(H2,22,26,27). The van der Waals surface area contributed by atoms with E-state index in [1.54, 1.807) is 0 Å². The minimum Gasteiger partial charge on any atom is -0.452 e. The predicted octanol–water partition coefficient (Wildman–Crippen LogP) is 3.11. The van der Waals surface area contributed by atoms with Crippen molar-refractivity contribution in [1.82, 2.24) is 0 Å². The van der Waals surface area contributed by atoms with Gasteiger partial charge in [0.25, 0.3) is 5.91 Å². The van der Waals surface area contributed by atoms with E-state index in [1.165, 1.54) is 19.1 Å². The Labute approximate surface area is 168 Å². The lowest BCUT2D eigenvalue weighted by Crippen LogP contribution is -2.23. The summed E-state index contributed by atoms with van der Waals surface area (Å²) in [7, 11) is -4.07. The van der Waals surface area contributed by atoms with Crippen LogP contribution in [0.25, 0.3) is 0 Å². The van der Waals surface area contributed by atoms with Gasteiger partial charge in [0, 0.05) is 5.02 Å². The molecule has 0 spiro atoms. The number of alkyl halides is 3. The third kappa shape index (κ3) is 5.92. The Hall–Kier alpha value is -2.63. The van der Waals surface area contributed by atoms with Crippen LogP contribution in [0.5, 0.6) is 0 Å². The average Bonchev–Trinajstić information content (AvgIpc) is 2.59. The molecule has 0 radical (unpaired) electrons. The van der Waals surface area contributed by atoms with Gasteiger partial charge in [-0.15, -0.1) is 0 Å². The molecule has 0 bridgehead atoms. The zero-order valence-corrected chi connectivity index (χ0v) is 16.3. The fraction of sp³-hybridized carbons (Fsp3) is 0.176. The Kier molecular flexibility index (Phi) is 6.56. The third-order valence-electron chi connectivity index (χ3n) is 3.65. The van der Waals surface area contributed by atoms with Gasteiger partial charge in [0.05, 0.1) is 21.7 Å². The van der Waals surface area contributed by atoms with E-state index in [9.17, 15) is 31.2 Å². The minimum absolute atomic E-state index is 0.160. The van der Waals surface area contributed by atoms with Crippen LogP contribution in [0.1, 0.15) is 21.5 Å². The van der Waals surface area contributed by atoms with Gasteiger partial charge < -0.3 is 10.1 Å². The van der Waals surface area contributed by atoms with Gasteiger partial charge in [-0.05, 0) is 42.8 Å². The summed E-state index contributed by atoms with van der Waals surface area (Å²) in [6.45, 7) is 0.588. The highest BCUT2D eigenvalue weighted by Crippen LogP contribution is 2.36. The SMILES string of the molecule is Cc1ccc(S(N)(=O)=O)cc1C(=O)OCC(=O)Nc1ccc(Cl)cc1C(F)(F)F. The smallest absolute Gasteiger partial charge is 0.418 e. The molecule has 0 saturated carbocycles. The summed E-state index contributed by atoms with van der Waals surface area (Å²) in [5, 5.41) is 6.82. The summed E-state index contributed by atoms with van der Waals surface area (Å²) in [6.07, 6.45) is -4.77. The van der Waals surface area contributed by atoms with Gasteiger partial charge in [0.1, 0.15) is 0 Å². The van der Waals surface area contributed by atoms with E-state index in [1.807, 2.05) is 5.32 Å². The summed E-state index contributed by atoms with van der Waals surface area (Å²) in [6, 6.07) is 6.25. The zero-order chi connectivity index (χ0) is 22.0. The molecule has 0 atom stereocenters. The number of hydrogen-bond donors (Lipinski definition) is 2. The molecular weight excluding hydrogens is 437 g/mol. The molecule has 2 rings (SSSR count). The van der Waals surface area contributed by atoms with Crippen molar-refractivity contribution in [1.29, 1.82) is 0 Å². The lowest BCUT2D eigenvalue weighted by atomic mass is 10.1. The van der Waals surface area contributed by atoms with Gasteiger partial charge in [-0.1, -0.05) is 17.7 Å². The number of aryl methyl sites for hydroxylation is 1. The highest BCUT2D eigenvalue weighted by Gasteiger charge is 2.34. The van der Waals surface area contributed by atoms with E-state index in [2.05, 4.69) is 0 Å². The Balaban J connectivity index is 2.12. The number of rotatable bonds is 5. The molecule has 0 fully saturated rings. The monoisotopic (exact) mass is 450 g/mol. The Morgan fingerprint density at radius 2 is 1.83 bits per heavy atom. The molecular formula is C17H14ClF3N2O5S. The first kappa shape index (κ1) is 22.7. The number of hydrogen-bond acceptors (Lipinski definition) is 5. The fourth-order valence-corrected chi connectivity index (χ4v) is 2.97. The number of nitrogens with two attached hydrogens (primary N) is 1. The van der Waals surface area contributed by atoms with E-state index < -0.39 is 45.9 Å². The summed E-state index contributed by atoms with van der Waals surface area (Å²) >= 11 is 5.56. The van der Waals surface area contributed by atoms with Crippen molar-refractivity contribution in [3.05, 3.63) is 58.1 Å². The van der Waals surface area contributed by atoms with Gasteiger partial charge in [-0.25, -0.2) is 18.4 Å². The molecule has 0 aliphatic heterocycles. The van der Waals surface area contributed by atoms with E-state index in [0.29, 0.717) is 11.6 Å². The van der Waals surface area contributed by atoms with Gasteiger partial charge >= 0.3 is 12.1 Å². The fourth-order valence-electron chi connectivity index (χ4n) is 2.25. The largest absolute Gasteiger partial charge is 0.452 e. The summed E-state index contributed by atoms with van der Waals surface area (Å²) in [5.41, 5.74) is -1.54. The van der Waals surface area contributed by atoms with Gasteiger partial charge in [-0.2, -0.15) is 13.2 Å². The first-order chi connectivity index (χ1) is 13.3. The molecule has 0 saturated heterocycles. The van der Waals surface area contributed by atoms with E-state index >= 15 is 0 Å². The molecule has 7 nitrogen and oxygen atoms in total. The molecule has 3 N–H and O–H groups in total. The number of amides is 1. The van der Waals surface area contributed by atoms with Crippen LogP contribution < -0.4 is 10.5 Å². The molecule has 2 aromatic rings. The normalized spacial score (nSPS) is 11.8. The molecule has 0 unspecified atom stereocenters. The molecule has 0 aliphatic carbocycles. The number of carbonyl (C=O) groups is 2. The van der Waals surface area contributed by atoms with Crippen LogP contribution >= 0.6 is 11.6 Å². The number of carbonyl (C=O) groups excluding carboxylic acids is 2. The Morgan fingerprint density at radius 3 is 2.41 bits per heavy atom. The molecule has 0 heterocycles. The van der Waals surface area contributed by atoms with Crippen molar-refractivity contribution in [3.63, 3.8) is 0 Å². The number of sulfonamides is 1. The summed E-state index contributed by atoms with van der Waals surface area (Å²) < 4.78 is 66.7. The first-order valence-corrected chi connectivity index (χ1v) is 9.68. The van der Waals surface area contributed by atoms with Crippen LogP contribution in [0.3, 0.4) is 0 Å². The summed E-state index contributed by atoms with van der Waals surface area (Å²) in [5.74, 6) is -2.08. The second-order valence-corrected chi connectivity index (χ2v) is 7.83. The van der Waals surface area contributed by atoms with Crippen LogP contribution in [0, 0.1) is 6.92 Å².